The second-order valence-electron chi connectivity index (χ2n) is 5.22. The van der Waals surface area contributed by atoms with Crippen LogP contribution in [0.3, 0.4) is 0 Å². The maximum absolute atomic E-state index is 2.43. The molecule has 0 aliphatic rings. The van der Waals surface area contributed by atoms with E-state index in [2.05, 4.69) is 73.7 Å². The SMILES string of the molecule is CCCC/C(=C\CCc1ccccc1)c1ccccc1. The van der Waals surface area contributed by atoms with Gasteiger partial charge >= 0.3 is 0 Å². The highest BCUT2D eigenvalue weighted by Crippen LogP contribution is 2.21. The zero-order chi connectivity index (χ0) is 14.0. The van der Waals surface area contributed by atoms with Gasteiger partial charge in [-0.1, -0.05) is 80.1 Å². The molecule has 0 amide bonds. The van der Waals surface area contributed by atoms with Crippen LogP contribution in [0.15, 0.2) is 66.7 Å². The van der Waals surface area contributed by atoms with Crippen LogP contribution in [0.25, 0.3) is 5.57 Å². The Balaban J connectivity index is 2.01. The highest BCUT2D eigenvalue weighted by atomic mass is 14.1. The van der Waals surface area contributed by atoms with Crippen molar-refractivity contribution in [1.29, 1.82) is 0 Å². The van der Waals surface area contributed by atoms with Crippen molar-refractivity contribution in [2.45, 2.75) is 39.0 Å². The largest absolute Gasteiger partial charge is 0.0804 e. The highest BCUT2D eigenvalue weighted by molar-refractivity contribution is 5.65. The van der Waals surface area contributed by atoms with E-state index < -0.39 is 0 Å². The lowest BCUT2D eigenvalue weighted by molar-refractivity contribution is 0.821. The Kier molecular flexibility index (Phi) is 6.10. The van der Waals surface area contributed by atoms with Crippen LogP contribution < -0.4 is 0 Å². The van der Waals surface area contributed by atoms with Gasteiger partial charge in [-0.15, -0.1) is 0 Å². The van der Waals surface area contributed by atoms with E-state index in [-0.39, 0.29) is 0 Å². The third-order valence-electron chi connectivity index (χ3n) is 3.61. The van der Waals surface area contributed by atoms with Crippen LogP contribution in [0.2, 0.25) is 0 Å². The summed E-state index contributed by atoms with van der Waals surface area (Å²) in [7, 11) is 0. The Hall–Kier alpha value is -1.82. The fourth-order valence-corrected chi connectivity index (χ4v) is 2.44. The lowest BCUT2D eigenvalue weighted by atomic mass is 9.98. The molecule has 2 rings (SSSR count). The van der Waals surface area contributed by atoms with E-state index in [0.29, 0.717) is 0 Å². The predicted octanol–water partition coefficient (Wildman–Crippen LogP) is 5.89. The molecule has 0 heterocycles. The van der Waals surface area contributed by atoms with E-state index in [9.17, 15) is 0 Å². The van der Waals surface area contributed by atoms with Crippen LogP contribution in [-0.2, 0) is 6.42 Å². The van der Waals surface area contributed by atoms with Gasteiger partial charge in [0.15, 0.2) is 0 Å². The van der Waals surface area contributed by atoms with Crippen molar-refractivity contribution in [2.75, 3.05) is 0 Å². The number of benzene rings is 2. The van der Waals surface area contributed by atoms with Gasteiger partial charge in [-0.25, -0.2) is 0 Å². The maximum Gasteiger partial charge on any atom is -0.0228 e. The van der Waals surface area contributed by atoms with Crippen LogP contribution in [0.5, 0.6) is 0 Å². The van der Waals surface area contributed by atoms with Crippen molar-refractivity contribution in [3.63, 3.8) is 0 Å². The summed E-state index contributed by atoms with van der Waals surface area (Å²) in [5.41, 5.74) is 4.31. The summed E-state index contributed by atoms with van der Waals surface area (Å²) in [6, 6.07) is 21.5. The number of allylic oxidation sites excluding steroid dienone is 2. The number of hydrogen-bond donors (Lipinski definition) is 0. The van der Waals surface area contributed by atoms with E-state index in [1.165, 1.54) is 36.0 Å². The smallest absolute Gasteiger partial charge is 0.0228 e. The highest BCUT2D eigenvalue weighted by Gasteiger charge is 2.00. The monoisotopic (exact) mass is 264 g/mol. The first-order valence-corrected chi connectivity index (χ1v) is 7.68. The lowest BCUT2D eigenvalue weighted by Crippen LogP contribution is -1.88. The molecule has 0 heteroatoms. The van der Waals surface area contributed by atoms with E-state index in [0.717, 1.165) is 12.8 Å². The van der Waals surface area contributed by atoms with Crippen LogP contribution >= 0.6 is 0 Å². The molecule has 0 unspecified atom stereocenters. The van der Waals surface area contributed by atoms with E-state index in [4.69, 9.17) is 0 Å². The van der Waals surface area contributed by atoms with Crippen LogP contribution in [0.4, 0.5) is 0 Å². The molecule has 0 saturated heterocycles. The Morgan fingerprint density at radius 1 is 0.900 bits per heavy atom. The second-order valence-corrected chi connectivity index (χ2v) is 5.22. The van der Waals surface area contributed by atoms with Gasteiger partial charge in [-0.05, 0) is 42.4 Å². The van der Waals surface area contributed by atoms with Crippen molar-refractivity contribution in [1.82, 2.24) is 0 Å². The Bertz CT molecular complexity index is 508. The summed E-state index contributed by atoms with van der Waals surface area (Å²) in [6.07, 6.45) is 8.39. The molecule has 0 aliphatic carbocycles. The quantitative estimate of drug-likeness (QED) is 0.584. The predicted molar refractivity (Wildman–Crippen MR) is 88.7 cm³/mol. The topological polar surface area (TPSA) is 0 Å². The molecule has 0 radical (unpaired) electrons. The van der Waals surface area contributed by atoms with E-state index >= 15 is 0 Å². The molecular formula is C20H24. The number of aryl methyl sites for hydroxylation is 1. The minimum absolute atomic E-state index is 1.12. The standard InChI is InChI=1S/C20H24/c1-2-3-14-19(20-15-8-5-9-16-20)17-10-13-18-11-6-4-7-12-18/h4-9,11-12,15-17H,2-3,10,13-14H2,1H3/b19-17+. The molecule has 2 aromatic rings. The van der Waals surface area contributed by atoms with Gasteiger partial charge in [0, 0.05) is 0 Å². The molecule has 0 aliphatic heterocycles. The zero-order valence-corrected chi connectivity index (χ0v) is 12.4. The number of rotatable bonds is 7. The van der Waals surface area contributed by atoms with Gasteiger partial charge in [0.05, 0.1) is 0 Å². The average molecular weight is 264 g/mol. The summed E-state index contributed by atoms with van der Waals surface area (Å²) in [6.45, 7) is 2.26. The number of hydrogen-bond acceptors (Lipinski definition) is 0. The Morgan fingerprint density at radius 3 is 2.20 bits per heavy atom. The van der Waals surface area contributed by atoms with Crippen LogP contribution in [-0.4, -0.2) is 0 Å². The van der Waals surface area contributed by atoms with E-state index in [1.54, 1.807) is 0 Å². The van der Waals surface area contributed by atoms with Crippen molar-refractivity contribution in [3.8, 4) is 0 Å². The molecule has 20 heavy (non-hydrogen) atoms. The molecule has 0 bridgehead atoms. The van der Waals surface area contributed by atoms with Crippen molar-refractivity contribution < 1.29 is 0 Å². The maximum atomic E-state index is 2.43. The van der Waals surface area contributed by atoms with Crippen LogP contribution in [0, 0.1) is 0 Å². The molecule has 2 aromatic carbocycles. The van der Waals surface area contributed by atoms with Crippen LogP contribution in [0.1, 0.15) is 43.7 Å². The molecule has 0 nitrogen and oxygen atoms in total. The van der Waals surface area contributed by atoms with Gasteiger partial charge in [0.25, 0.3) is 0 Å². The first-order valence-electron chi connectivity index (χ1n) is 7.68. The number of unbranched alkanes of at least 4 members (excludes halogenated alkanes) is 1. The van der Waals surface area contributed by atoms with Gasteiger partial charge in [-0.2, -0.15) is 0 Å². The molecule has 0 N–H and O–H groups in total. The summed E-state index contributed by atoms with van der Waals surface area (Å²) in [5.74, 6) is 0. The molecule has 0 saturated carbocycles. The zero-order valence-electron chi connectivity index (χ0n) is 12.4. The Labute approximate surface area is 123 Å². The summed E-state index contributed by atoms with van der Waals surface area (Å²) in [5, 5.41) is 0. The van der Waals surface area contributed by atoms with Gasteiger partial charge in [0.1, 0.15) is 0 Å². The van der Waals surface area contributed by atoms with Gasteiger partial charge in [0.2, 0.25) is 0 Å². The second kappa shape index (κ2) is 8.37. The molecule has 0 spiro atoms. The van der Waals surface area contributed by atoms with Crippen molar-refractivity contribution in [2.24, 2.45) is 0 Å². The van der Waals surface area contributed by atoms with Crippen molar-refractivity contribution in [3.05, 3.63) is 77.9 Å². The molecule has 0 fully saturated rings. The fraction of sp³-hybridized carbons (Fsp3) is 0.300. The molecule has 104 valence electrons. The normalized spacial score (nSPS) is 11.6. The minimum atomic E-state index is 1.12. The minimum Gasteiger partial charge on any atom is -0.0804 e. The summed E-state index contributed by atoms with van der Waals surface area (Å²) >= 11 is 0. The Morgan fingerprint density at radius 2 is 1.55 bits per heavy atom. The molecule has 0 aromatic heterocycles. The lowest BCUT2D eigenvalue weighted by Gasteiger charge is -2.08. The molecule has 0 atom stereocenters. The third-order valence-corrected chi connectivity index (χ3v) is 3.61. The van der Waals surface area contributed by atoms with Gasteiger partial charge in [-0.3, -0.25) is 0 Å². The molecular weight excluding hydrogens is 240 g/mol. The van der Waals surface area contributed by atoms with Gasteiger partial charge < -0.3 is 0 Å². The average Bonchev–Trinajstić information content (AvgIpc) is 2.52. The van der Waals surface area contributed by atoms with Crippen molar-refractivity contribution >= 4 is 5.57 Å². The van der Waals surface area contributed by atoms with E-state index in [1.807, 2.05) is 0 Å². The summed E-state index contributed by atoms with van der Waals surface area (Å²) in [4.78, 5) is 0. The first kappa shape index (κ1) is 14.6. The summed E-state index contributed by atoms with van der Waals surface area (Å²) < 4.78 is 0. The third kappa shape index (κ3) is 4.70. The first-order chi connectivity index (χ1) is 9.90. The fourth-order valence-electron chi connectivity index (χ4n) is 2.44.